The summed E-state index contributed by atoms with van der Waals surface area (Å²) >= 11 is 0. The number of phenols is 1. The van der Waals surface area contributed by atoms with Crippen LogP contribution in [-0.4, -0.2) is 157 Å². The number of rotatable bonds is 12. The first-order chi connectivity index (χ1) is 52.1. The van der Waals surface area contributed by atoms with Gasteiger partial charge in [0.1, 0.15) is 22.9 Å². The van der Waals surface area contributed by atoms with Gasteiger partial charge in [0.05, 0.1) is 48.4 Å². The topological polar surface area (TPSA) is 221 Å². The third-order valence-electron chi connectivity index (χ3n) is 19.1. The summed E-state index contributed by atoms with van der Waals surface area (Å²) < 4.78 is 100. The fourth-order valence-electron chi connectivity index (χ4n) is 13.7. The summed E-state index contributed by atoms with van der Waals surface area (Å²) in [6, 6.07) is 42.4. The molecule has 4 aromatic carbocycles. The number of ether oxygens (including phenoxy) is 3. The van der Waals surface area contributed by atoms with Crippen LogP contribution in [0.1, 0.15) is 20.8 Å². The number of nitrogens with one attached hydrogen (secondary N) is 4. The number of hydrogen-bond acceptors (Lipinski definition) is 18. The molecule has 22 nitrogen and oxygen atoms in total. The molecule has 560 valence electrons. The van der Waals surface area contributed by atoms with Crippen LogP contribution >= 0.6 is 0 Å². The van der Waals surface area contributed by atoms with Gasteiger partial charge in [0.15, 0.2) is 34.6 Å². The number of aromatic nitrogens is 6. The van der Waals surface area contributed by atoms with E-state index in [1.165, 1.54) is 71.6 Å². The van der Waals surface area contributed by atoms with Crippen molar-refractivity contribution in [2.75, 3.05) is 119 Å². The number of fused-ring (bicyclic) bond motifs is 4. The number of halogens is 6. The molecule has 0 saturated carbocycles. The predicted molar refractivity (Wildman–Crippen MR) is 407 cm³/mol. The van der Waals surface area contributed by atoms with Gasteiger partial charge in [0.25, 0.3) is 22.2 Å². The molecular weight excluding hydrogens is 1400 g/mol. The summed E-state index contributed by atoms with van der Waals surface area (Å²) in [5, 5.41) is 23.2. The highest BCUT2D eigenvalue weighted by molar-refractivity contribution is 5.73. The molecule has 5 N–H and O–H groups in total. The second kappa shape index (κ2) is 33.0. The van der Waals surface area contributed by atoms with Gasteiger partial charge in [-0.3, -0.25) is 36.8 Å². The highest BCUT2D eigenvalue weighted by Gasteiger charge is 2.22. The van der Waals surface area contributed by atoms with Gasteiger partial charge in [-0.15, -0.1) is 0 Å². The van der Waals surface area contributed by atoms with Crippen molar-refractivity contribution in [2.45, 2.75) is 45.5 Å². The first-order valence-corrected chi connectivity index (χ1v) is 35.3. The zero-order chi connectivity index (χ0) is 75.9. The normalized spacial score (nSPS) is 16.7. The quantitative estimate of drug-likeness (QED) is 0.0718. The molecule has 108 heavy (non-hydrogen) atoms. The summed E-state index contributed by atoms with van der Waals surface area (Å²) in [6.07, 6.45) is 7.28. The van der Waals surface area contributed by atoms with E-state index in [-0.39, 0.29) is 50.7 Å². The molecule has 0 aliphatic carbocycles. The number of piperazine rings is 4. The first kappa shape index (κ1) is 74.5. The van der Waals surface area contributed by atoms with Crippen molar-refractivity contribution in [1.82, 2.24) is 48.8 Å². The molecule has 4 fully saturated rings. The summed E-state index contributed by atoms with van der Waals surface area (Å²) in [6.45, 7) is 14.9. The van der Waals surface area contributed by atoms with E-state index >= 15 is 0 Å². The monoisotopic (exact) mass is 1480 g/mol. The number of nitrogens with zero attached hydrogens (tertiary/aromatic N) is 10. The smallest absolute Gasteiger partial charge is 0.387 e. The predicted octanol–water partition coefficient (Wildman–Crippen LogP) is 10.3. The minimum atomic E-state index is -3.07. The van der Waals surface area contributed by atoms with Gasteiger partial charge in [0, 0.05) is 180 Å². The zero-order valence-corrected chi connectivity index (χ0v) is 59.9. The lowest BCUT2D eigenvalue weighted by Crippen LogP contribution is -2.49. The molecule has 4 aliphatic rings. The third-order valence-corrected chi connectivity index (χ3v) is 19.1. The molecule has 4 aliphatic heterocycles. The number of alkyl halides is 2. The Kier molecular flexibility index (Phi) is 22.8. The SMILES string of the molecule is COc1ccc(-c2cc(=O)n3cc(N4CCNCC4)ccc3c2)cc1F.COc1ccc(-c2cc(=O)n3cc(N4CCN[C@@H](C)C4)ccc3c2)cc1F.C[C@H]1CN(c2ccc3nc(-c4cc(F)cc(F)c4)cc(=O)n3c2)CCN1.C[C@H]1CN(c2ccc3nc(-c4ccc(O)c(OC(F)F)c4)cc(=O)n3c2)CCN1. The fraction of sp³-hybridized carbons (Fsp3) is 0.275. The number of phenolic OH excluding ortho intramolecular Hbond substituents is 1. The Balaban J connectivity index is 0.000000127. The number of anilines is 4. The summed E-state index contributed by atoms with van der Waals surface area (Å²) in [5.74, 6) is -2.71. The van der Waals surface area contributed by atoms with E-state index < -0.39 is 35.6 Å². The Morgan fingerprint density at radius 1 is 0.407 bits per heavy atom. The molecular formula is C80H80F6N14O8. The van der Waals surface area contributed by atoms with Crippen molar-refractivity contribution in [3.05, 3.63) is 247 Å². The second-order valence-corrected chi connectivity index (χ2v) is 26.8. The van der Waals surface area contributed by atoms with Crippen LogP contribution in [0.3, 0.4) is 0 Å². The largest absolute Gasteiger partial charge is 0.504 e. The van der Waals surface area contributed by atoms with E-state index in [4.69, 9.17) is 9.47 Å². The van der Waals surface area contributed by atoms with Gasteiger partial charge in [0.2, 0.25) is 0 Å². The van der Waals surface area contributed by atoms with Gasteiger partial charge in [-0.25, -0.2) is 27.5 Å². The molecule has 0 spiro atoms. The van der Waals surface area contributed by atoms with Crippen LogP contribution < -0.4 is 77.3 Å². The molecule has 16 rings (SSSR count). The lowest BCUT2D eigenvalue weighted by atomic mass is 10.1. The van der Waals surface area contributed by atoms with Crippen LogP contribution in [0.2, 0.25) is 0 Å². The van der Waals surface area contributed by atoms with Crippen LogP contribution in [0, 0.1) is 23.3 Å². The van der Waals surface area contributed by atoms with Crippen molar-refractivity contribution in [1.29, 1.82) is 0 Å². The molecule has 12 aromatic rings. The minimum absolute atomic E-state index is 0.134. The highest BCUT2D eigenvalue weighted by atomic mass is 19.3. The van der Waals surface area contributed by atoms with E-state index in [0.29, 0.717) is 62.9 Å². The molecule has 3 atom stereocenters. The molecule has 0 unspecified atom stereocenters. The lowest BCUT2D eigenvalue weighted by Gasteiger charge is -2.33. The van der Waals surface area contributed by atoms with E-state index in [9.17, 15) is 50.6 Å². The molecule has 4 saturated heterocycles. The Morgan fingerprint density at radius 3 is 1.23 bits per heavy atom. The minimum Gasteiger partial charge on any atom is -0.504 e. The summed E-state index contributed by atoms with van der Waals surface area (Å²) in [7, 11) is 2.85. The Morgan fingerprint density at radius 2 is 0.806 bits per heavy atom. The molecule has 8 aromatic heterocycles. The van der Waals surface area contributed by atoms with Crippen molar-refractivity contribution >= 4 is 45.1 Å². The number of pyridine rings is 6. The van der Waals surface area contributed by atoms with Crippen LogP contribution in [0.15, 0.2) is 202 Å². The Hall–Kier alpha value is -11.7. The van der Waals surface area contributed by atoms with Crippen LogP contribution in [0.4, 0.5) is 49.1 Å². The first-order valence-electron chi connectivity index (χ1n) is 35.3. The van der Waals surface area contributed by atoms with E-state index in [0.717, 1.165) is 137 Å². The average molecular weight is 1480 g/mol. The van der Waals surface area contributed by atoms with Gasteiger partial charge < -0.3 is 60.2 Å². The number of methoxy groups -OCH3 is 2. The third kappa shape index (κ3) is 17.4. The summed E-state index contributed by atoms with van der Waals surface area (Å²) in [4.78, 5) is 68.4. The summed E-state index contributed by atoms with van der Waals surface area (Å²) in [5.41, 5.74) is 9.35. The van der Waals surface area contributed by atoms with Gasteiger partial charge in [-0.05, 0) is 158 Å². The maximum absolute atomic E-state index is 14.0. The zero-order valence-electron chi connectivity index (χ0n) is 59.9. The second-order valence-electron chi connectivity index (χ2n) is 26.8. The van der Waals surface area contributed by atoms with Gasteiger partial charge in [-0.1, -0.05) is 12.1 Å². The van der Waals surface area contributed by atoms with Crippen molar-refractivity contribution in [3.63, 3.8) is 0 Å². The molecule has 0 radical (unpaired) electrons. The van der Waals surface area contributed by atoms with E-state index in [1.54, 1.807) is 63.7 Å². The van der Waals surface area contributed by atoms with Crippen LogP contribution in [0.25, 0.3) is 67.1 Å². The lowest BCUT2D eigenvalue weighted by molar-refractivity contribution is -0.0512. The van der Waals surface area contributed by atoms with E-state index in [2.05, 4.69) is 76.3 Å². The Bertz CT molecular complexity index is 5520. The van der Waals surface area contributed by atoms with Crippen molar-refractivity contribution in [3.8, 4) is 67.8 Å². The van der Waals surface area contributed by atoms with Crippen molar-refractivity contribution in [2.24, 2.45) is 0 Å². The van der Waals surface area contributed by atoms with Crippen LogP contribution in [0.5, 0.6) is 23.0 Å². The van der Waals surface area contributed by atoms with Gasteiger partial charge in [-0.2, -0.15) is 8.78 Å². The van der Waals surface area contributed by atoms with Gasteiger partial charge >= 0.3 is 6.61 Å². The molecule has 28 heteroatoms. The molecule has 0 amide bonds. The van der Waals surface area contributed by atoms with Crippen LogP contribution in [-0.2, 0) is 0 Å². The van der Waals surface area contributed by atoms with Crippen molar-refractivity contribution < 1.29 is 45.7 Å². The average Bonchev–Trinajstić information content (AvgIpc) is 0.795. The Labute approximate surface area is 616 Å². The standard InChI is InChI=1S/C21H22FN3O2.C20H20F2N4O3.C20H20FN3O2.C19H18F2N4O/c1-14-12-24(8-7-23-14)18-5-4-17-9-16(11-21(26)25(17)13-18)15-3-6-20(27-2)19(22)10-15;1-12-10-25(7-6-23-12)14-3-5-18-24-15(9-19(28)26(18)11-14)13-2-4-16(27)17(8-13)29-20(21)22;1-26-19-5-2-14(11-18(19)21)15-10-16-3-4-17(13-24(16)20(25)12-15)23-8-6-22-7-9-23;1-12-10-24(5-4-22-12)16-2-3-18-23-17(9-19(26)25(18)11-16)13-6-14(20)8-15(21)7-13/h3-6,9-11,13-14,23H,7-8,12H2,1-2H3;2-5,8-9,11-12,20,23,27H,6-7,10H2,1H3;2-5,10-13,22H,6-9H2,1H3;2-3,6-9,11-12,22H,4-5,10H2,1H3/t14-;12-;;12-/m00.0/s1. The fourth-order valence-corrected chi connectivity index (χ4v) is 13.7. The number of benzene rings is 4. The highest BCUT2D eigenvalue weighted by Crippen LogP contribution is 2.34. The molecule has 12 heterocycles. The molecule has 0 bridgehead atoms. The number of hydrogen-bond donors (Lipinski definition) is 5. The van der Waals surface area contributed by atoms with E-state index in [1.807, 2.05) is 60.9 Å². The maximum Gasteiger partial charge on any atom is 0.387 e. The maximum atomic E-state index is 14.0. The number of aromatic hydroxyl groups is 1.